The molecule has 0 aliphatic carbocycles. The normalized spacial score (nSPS) is 10.6. The Labute approximate surface area is 97.3 Å². The highest BCUT2D eigenvalue weighted by molar-refractivity contribution is 7.19. The zero-order chi connectivity index (χ0) is 11.5. The highest BCUT2D eigenvalue weighted by Gasteiger charge is 2.08. The van der Waals surface area contributed by atoms with E-state index in [2.05, 4.69) is 0 Å². The molecule has 0 atom stereocenters. The maximum Gasteiger partial charge on any atom is 0.311 e. The van der Waals surface area contributed by atoms with Crippen LogP contribution in [0.1, 0.15) is 11.8 Å². The van der Waals surface area contributed by atoms with Gasteiger partial charge in [-0.05, 0) is 36.6 Å². The van der Waals surface area contributed by atoms with E-state index in [0.29, 0.717) is 13.0 Å². The van der Waals surface area contributed by atoms with Gasteiger partial charge >= 0.3 is 5.97 Å². The predicted molar refractivity (Wildman–Crippen MR) is 63.8 cm³/mol. The average molecular weight is 236 g/mol. The van der Waals surface area contributed by atoms with Crippen LogP contribution in [0.3, 0.4) is 0 Å². The summed E-state index contributed by atoms with van der Waals surface area (Å²) in [7, 11) is 0. The number of carbonyl (C=O) groups is 1. The average Bonchev–Trinajstić information content (AvgIpc) is 2.59. The number of aromatic hydroxyl groups is 1. The number of carbonyl (C=O) groups excluding carboxylic acids is 1. The number of hydrogen-bond acceptors (Lipinski definition) is 4. The van der Waals surface area contributed by atoms with Gasteiger partial charge in [0.25, 0.3) is 0 Å². The highest BCUT2D eigenvalue weighted by atomic mass is 32.1. The largest absolute Gasteiger partial charge is 0.508 e. The molecule has 0 bridgehead atoms. The van der Waals surface area contributed by atoms with E-state index in [1.165, 1.54) is 11.3 Å². The Morgan fingerprint density at radius 3 is 3.00 bits per heavy atom. The van der Waals surface area contributed by atoms with Crippen LogP contribution < -0.4 is 0 Å². The minimum Gasteiger partial charge on any atom is -0.508 e. The molecule has 0 radical (unpaired) electrons. The second-order valence-electron chi connectivity index (χ2n) is 3.42. The van der Waals surface area contributed by atoms with E-state index in [9.17, 15) is 9.90 Å². The van der Waals surface area contributed by atoms with Crippen molar-refractivity contribution < 1.29 is 14.6 Å². The van der Waals surface area contributed by atoms with Crippen molar-refractivity contribution in [2.45, 2.75) is 13.3 Å². The lowest BCUT2D eigenvalue weighted by Gasteiger charge is -1.97. The summed E-state index contributed by atoms with van der Waals surface area (Å²) in [6, 6.07) is 7.14. The molecule has 1 heterocycles. The Bertz CT molecular complexity index is 516. The molecular formula is C12H12O3S. The fourth-order valence-corrected chi connectivity index (χ4v) is 2.60. The third-order valence-corrected chi connectivity index (χ3v) is 3.28. The summed E-state index contributed by atoms with van der Waals surface area (Å²) in [4.78, 5) is 12.2. The number of phenols is 1. The van der Waals surface area contributed by atoms with Gasteiger partial charge in [-0.25, -0.2) is 0 Å². The molecule has 0 aliphatic heterocycles. The van der Waals surface area contributed by atoms with Crippen LogP contribution in [0.5, 0.6) is 5.75 Å². The van der Waals surface area contributed by atoms with Crippen molar-refractivity contribution in [1.29, 1.82) is 0 Å². The molecule has 1 N–H and O–H groups in total. The second kappa shape index (κ2) is 4.53. The molecule has 0 spiro atoms. The van der Waals surface area contributed by atoms with Crippen LogP contribution in [0, 0.1) is 0 Å². The number of rotatable bonds is 3. The lowest BCUT2D eigenvalue weighted by Crippen LogP contribution is -2.05. The number of fused-ring (bicyclic) bond motifs is 1. The van der Waals surface area contributed by atoms with Crippen molar-refractivity contribution in [3.05, 3.63) is 29.1 Å². The summed E-state index contributed by atoms with van der Waals surface area (Å²) in [6.45, 7) is 2.20. The highest BCUT2D eigenvalue weighted by Crippen LogP contribution is 2.29. The summed E-state index contributed by atoms with van der Waals surface area (Å²) in [6.07, 6.45) is 0.300. The molecule has 0 saturated heterocycles. The number of hydrogen-bond donors (Lipinski definition) is 1. The summed E-state index contributed by atoms with van der Waals surface area (Å²) >= 11 is 1.50. The minimum absolute atomic E-state index is 0.210. The van der Waals surface area contributed by atoms with Gasteiger partial charge in [-0.15, -0.1) is 11.3 Å². The van der Waals surface area contributed by atoms with Gasteiger partial charge in [0.1, 0.15) is 5.75 Å². The predicted octanol–water partition coefficient (Wildman–Crippen LogP) is 2.71. The topological polar surface area (TPSA) is 46.5 Å². The van der Waals surface area contributed by atoms with E-state index in [-0.39, 0.29) is 11.7 Å². The SMILES string of the molecule is CCOC(=O)Cc1cc2ccc(O)cc2s1. The fourth-order valence-electron chi connectivity index (χ4n) is 1.52. The van der Waals surface area contributed by atoms with Crippen LogP contribution in [-0.4, -0.2) is 17.7 Å². The second-order valence-corrected chi connectivity index (χ2v) is 4.58. The first kappa shape index (κ1) is 11.0. The molecule has 3 nitrogen and oxygen atoms in total. The van der Waals surface area contributed by atoms with Gasteiger partial charge in [0, 0.05) is 9.58 Å². The van der Waals surface area contributed by atoms with Gasteiger partial charge in [-0.1, -0.05) is 0 Å². The maximum absolute atomic E-state index is 11.3. The molecule has 84 valence electrons. The third kappa shape index (κ3) is 2.33. The first-order chi connectivity index (χ1) is 7.69. The van der Waals surface area contributed by atoms with Gasteiger partial charge in [0.2, 0.25) is 0 Å². The molecule has 0 unspecified atom stereocenters. The first-order valence-corrected chi connectivity index (χ1v) is 5.87. The van der Waals surface area contributed by atoms with Crippen LogP contribution >= 0.6 is 11.3 Å². The first-order valence-electron chi connectivity index (χ1n) is 5.06. The van der Waals surface area contributed by atoms with Gasteiger partial charge in [-0.2, -0.15) is 0 Å². The zero-order valence-corrected chi connectivity index (χ0v) is 9.71. The molecule has 1 aromatic heterocycles. The molecule has 0 saturated carbocycles. The van der Waals surface area contributed by atoms with Crippen LogP contribution in [0.25, 0.3) is 10.1 Å². The Balaban J connectivity index is 2.23. The van der Waals surface area contributed by atoms with Crippen molar-refractivity contribution in [2.24, 2.45) is 0 Å². The Kier molecular flexibility index (Phi) is 3.10. The molecule has 2 aromatic rings. The number of benzene rings is 1. The third-order valence-electron chi connectivity index (χ3n) is 2.18. The van der Waals surface area contributed by atoms with Crippen LogP contribution in [0.4, 0.5) is 0 Å². The Morgan fingerprint density at radius 2 is 2.25 bits per heavy atom. The molecular weight excluding hydrogens is 224 g/mol. The summed E-state index contributed by atoms with van der Waals surface area (Å²) in [5.41, 5.74) is 0. The van der Waals surface area contributed by atoms with Crippen molar-refractivity contribution in [3.63, 3.8) is 0 Å². The van der Waals surface area contributed by atoms with E-state index >= 15 is 0 Å². The van der Waals surface area contributed by atoms with Gasteiger partial charge in [0.15, 0.2) is 0 Å². The minimum atomic E-state index is -0.210. The molecule has 0 amide bonds. The fraction of sp³-hybridized carbons (Fsp3) is 0.250. The van der Waals surface area contributed by atoms with E-state index in [1.807, 2.05) is 12.1 Å². The summed E-state index contributed by atoms with van der Waals surface area (Å²) in [5, 5.41) is 10.4. The monoisotopic (exact) mass is 236 g/mol. The Morgan fingerprint density at radius 1 is 1.44 bits per heavy atom. The van der Waals surface area contributed by atoms with E-state index in [1.54, 1.807) is 19.1 Å². The summed E-state index contributed by atoms with van der Waals surface area (Å²) in [5.74, 6) is 0.0373. The molecule has 16 heavy (non-hydrogen) atoms. The van der Waals surface area contributed by atoms with Crippen molar-refractivity contribution in [2.75, 3.05) is 6.61 Å². The molecule has 0 fully saturated rings. The van der Waals surface area contributed by atoms with Gasteiger partial charge in [-0.3, -0.25) is 4.79 Å². The van der Waals surface area contributed by atoms with Crippen molar-refractivity contribution >= 4 is 27.4 Å². The zero-order valence-electron chi connectivity index (χ0n) is 8.90. The number of phenolic OH excluding ortho intramolecular Hbond substituents is 1. The maximum atomic E-state index is 11.3. The summed E-state index contributed by atoms with van der Waals surface area (Å²) < 4.78 is 5.87. The van der Waals surface area contributed by atoms with Crippen molar-refractivity contribution in [1.82, 2.24) is 0 Å². The van der Waals surface area contributed by atoms with E-state index in [0.717, 1.165) is 15.0 Å². The Hall–Kier alpha value is -1.55. The molecule has 1 aromatic carbocycles. The smallest absolute Gasteiger partial charge is 0.311 e. The molecule has 2 rings (SSSR count). The van der Waals surface area contributed by atoms with Gasteiger partial charge in [0.05, 0.1) is 13.0 Å². The number of ether oxygens (including phenoxy) is 1. The number of thiophene rings is 1. The van der Waals surface area contributed by atoms with Crippen LogP contribution in [0.2, 0.25) is 0 Å². The molecule has 4 heteroatoms. The lowest BCUT2D eigenvalue weighted by molar-refractivity contribution is -0.142. The van der Waals surface area contributed by atoms with E-state index < -0.39 is 0 Å². The number of esters is 1. The van der Waals surface area contributed by atoms with Gasteiger partial charge < -0.3 is 9.84 Å². The lowest BCUT2D eigenvalue weighted by atomic mass is 10.2. The standard InChI is InChI=1S/C12H12O3S/c1-2-15-12(14)7-10-5-8-3-4-9(13)6-11(8)16-10/h3-6,13H,2,7H2,1H3. The quantitative estimate of drug-likeness (QED) is 0.833. The van der Waals surface area contributed by atoms with Crippen LogP contribution in [-0.2, 0) is 16.0 Å². The van der Waals surface area contributed by atoms with Crippen molar-refractivity contribution in [3.8, 4) is 5.75 Å². The van der Waals surface area contributed by atoms with E-state index in [4.69, 9.17) is 4.74 Å². The van der Waals surface area contributed by atoms with Crippen LogP contribution in [0.15, 0.2) is 24.3 Å². The molecule has 0 aliphatic rings.